The lowest BCUT2D eigenvalue weighted by molar-refractivity contribution is 0.685. The normalized spacial score (nSPS) is 12.3. The molecule has 14 heavy (non-hydrogen) atoms. The number of nitrogens with zero attached hydrogens (tertiary/aromatic N) is 2. The lowest BCUT2D eigenvalue weighted by Gasteiger charge is -2.13. The van der Waals surface area contributed by atoms with Gasteiger partial charge in [0.25, 0.3) is 0 Å². The Morgan fingerprint density at radius 2 is 2.00 bits per heavy atom. The number of hydrogen-bond donors (Lipinski definition) is 0. The zero-order chi connectivity index (χ0) is 9.80. The SMILES string of the molecule is C=CC(c1ccccn1)n1cccc1. The molecule has 0 aliphatic rings. The molecule has 2 heteroatoms. The van der Waals surface area contributed by atoms with Gasteiger partial charge in [0, 0.05) is 18.6 Å². The molecule has 0 aliphatic heterocycles. The summed E-state index contributed by atoms with van der Waals surface area (Å²) in [6, 6.07) is 10.0. The molecule has 2 rings (SSSR count). The molecule has 0 amide bonds. The van der Waals surface area contributed by atoms with Gasteiger partial charge in [0.1, 0.15) is 0 Å². The first-order valence-electron chi connectivity index (χ1n) is 4.58. The van der Waals surface area contributed by atoms with E-state index in [9.17, 15) is 0 Å². The van der Waals surface area contributed by atoms with Gasteiger partial charge in [0.15, 0.2) is 0 Å². The van der Waals surface area contributed by atoms with Gasteiger partial charge in [-0.1, -0.05) is 12.1 Å². The van der Waals surface area contributed by atoms with E-state index in [0.717, 1.165) is 5.69 Å². The molecule has 0 radical (unpaired) electrons. The van der Waals surface area contributed by atoms with Gasteiger partial charge in [0.2, 0.25) is 0 Å². The highest BCUT2D eigenvalue weighted by atomic mass is 15.0. The fourth-order valence-electron chi connectivity index (χ4n) is 1.48. The second kappa shape index (κ2) is 3.92. The van der Waals surface area contributed by atoms with Crippen molar-refractivity contribution in [2.24, 2.45) is 0 Å². The maximum atomic E-state index is 4.31. The quantitative estimate of drug-likeness (QED) is 0.670. The van der Waals surface area contributed by atoms with Gasteiger partial charge in [-0.25, -0.2) is 0 Å². The molecule has 0 saturated carbocycles. The third-order valence-electron chi connectivity index (χ3n) is 2.16. The Bertz CT molecular complexity index is 390. The largest absolute Gasteiger partial charge is 0.342 e. The van der Waals surface area contributed by atoms with E-state index in [1.165, 1.54) is 0 Å². The van der Waals surface area contributed by atoms with E-state index in [0.29, 0.717) is 0 Å². The Labute approximate surface area is 83.5 Å². The Balaban J connectivity index is 2.36. The fraction of sp³-hybridized carbons (Fsp3) is 0.0833. The van der Waals surface area contributed by atoms with Crippen molar-refractivity contribution in [1.29, 1.82) is 0 Å². The Hall–Kier alpha value is -1.83. The van der Waals surface area contributed by atoms with Gasteiger partial charge in [-0.05, 0) is 24.3 Å². The molecule has 2 aromatic rings. The standard InChI is InChI=1S/C12H12N2/c1-2-12(14-9-5-6-10-14)11-7-3-4-8-13-11/h2-10,12H,1H2. The highest BCUT2D eigenvalue weighted by Crippen LogP contribution is 2.16. The summed E-state index contributed by atoms with van der Waals surface area (Å²) in [7, 11) is 0. The Morgan fingerprint density at radius 3 is 2.57 bits per heavy atom. The summed E-state index contributed by atoms with van der Waals surface area (Å²) in [5, 5.41) is 0. The topological polar surface area (TPSA) is 17.8 Å². The summed E-state index contributed by atoms with van der Waals surface area (Å²) >= 11 is 0. The molecule has 70 valence electrons. The van der Waals surface area contributed by atoms with E-state index in [2.05, 4.69) is 16.1 Å². The van der Waals surface area contributed by atoms with E-state index in [1.54, 1.807) is 6.20 Å². The van der Waals surface area contributed by atoms with Crippen molar-refractivity contribution in [3.63, 3.8) is 0 Å². The fourth-order valence-corrected chi connectivity index (χ4v) is 1.48. The zero-order valence-electron chi connectivity index (χ0n) is 7.88. The number of rotatable bonds is 3. The van der Waals surface area contributed by atoms with Crippen LogP contribution >= 0.6 is 0 Å². The van der Waals surface area contributed by atoms with E-state index in [4.69, 9.17) is 0 Å². The van der Waals surface area contributed by atoms with Gasteiger partial charge < -0.3 is 4.57 Å². The number of hydrogen-bond acceptors (Lipinski definition) is 1. The van der Waals surface area contributed by atoms with Crippen molar-refractivity contribution in [3.8, 4) is 0 Å². The first-order chi connectivity index (χ1) is 6.92. The summed E-state index contributed by atoms with van der Waals surface area (Å²) in [6.45, 7) is 3.83. The molecule has 0 bridgehead atoms. The third kappa shape index (κ3) is 1.59. The molecule has 0 aliphatic carbocycles. The Morgan fingerprint density at radius 1 is 1.21 bits per heavy atom. The molecule has 2 nitrogen and oxygen atoms in total. The monoisotopic (exact) mass is 184 g/mol. The second-order valence-corrected chi connectivity index (χ2v) is 3.07. The highest BCUT2D eigenvalue weighted by Gasteiger charge is 2.08. The summed E-state index contributed by atoms with van der Waals surface area (Å²) in [6.07, 6.45) is 7.72. The van der Waals surface area contributed by atoms with E-state index < -0.39 is 0 Å². The van der Waals surface area contributed by atoms with Crippen LogP contribution in [0.1, 0.15) is 11.7 Å². The van der Waals surface area contributed by atoms with E-state index >= 15 is 0 Å². The van der Waals surface area contributed by atoms with Crippen LogP contribution in [0.2, 0.25) is 0 Å². The number of allylic oxidation sites excluding steroid dienone is 1. The summed E-state index contributed by atoms with van der Waals surface area (Å²) in [5.41, 5.74) is 1.01. The van der Waals surface area contributed by atoms with Crippen LogP contribution in [-0.2, 0) is 0 Å². The van der Waals surface area contributed by atoms with Crippen LogP contribution in [0.3, 0.4) is 0 Å². The van der Waals surface area contributed by atoms with E-state index in [-0.39, 0.29) is 6.04 Å². The molecule has 0 aromatic carbocycles. The van der Waals surface area contributed by atoms with Crippen LogP contribution in [0, 0.1) is 0 Å². The maximum absolute atomic E-state index is 4.31. The molecule has 1 atom stereocenters. The van der Waals surface area contributed by atoms with Crippen molar-refractivity contribution in [1.82, 2.24) is 9.55 Å². The first-order valence-corrected chi connectivity index (χ1v) is 4.58. The molecular weight excluding hydrogens is 172 g/mol. The van der Waals surface area contributed by atoms with Crippen molar-refractivity contribution in [3.05, 3.63) is 67.3 Å². The molecule has 0 saturated heterocycles. The molecular formula is C12H12N2. The van der Waals surface area contributed by atoms with Crippen LogP contribution in [0.5, 0.6) is 0 Å². The van der Waals surface area contributed by atoms with E-state index in [1.807, 2.05) is 48.8 Å². The lowest BCUT2D eigenvalue weighted by atomic mass is 10.2. The van der Waals surface area contributed by atoms with Crippen molar-refractivity contribution in [2.75, 3.05) is 0 Å². The Kier molecular flexibility index (Phi) is 2.45. The van der Waals surface area contributed by atoms with Crippen LogP contribution < -0.4 is 0 Å². The molecule has 0 fully saturated rings. The van der Waals surface area contributed by atoms with Crippen molar-refractivity contribution < 1.29 is 0 Å². The molecule has 1 unspecified atom stereocenters. The van der Waals surface area contributed by atoms with Gasteiger partial charge in [-0.3, -0.25) is 4.98 Å². The maximum Gasteiger partial charge on any atom is 0.0931 e. The van der Waals surface area contributed by atoms with Crippen LogP contribution in [0.15, 0.2) is 61.6 Å². The minimum absolute atomic E-state index is 0.131. The van der Waals surface area contributed by atoms with Crippen molar-refractivity contribution >= 4 is 0 Å². The predicted molar refractivity (Wildman–Crippen MR) is 57.0 cm³/mol. The highest BCUT2D eigenvalue weighted by molar-refractivity contribution is 5.16. The molecule has 2 aromatic heterocycles. The average Bonchev–Trinajstić information content (AvgIpc) is 2.74. The van der Waals surface area contributed by atoms with Crippen molar-refractivity contribution in [2.45, 2.75) is 6.04 Å². The predicted octanol–water partition coefficient (Wildman–Crippen LogP) is 2.66. The molecule has 0 spiro atoms. The lowest BCUT2D eigenvalue weighted by Crippen LogP contribution is -2.06. The second-order valence-electron chi connectivity index (χ2n) is 3.07. The number of pyridine rings is 1. The number of aromatic nitrogens is 2. The third-order valence-corrected chi connectivity index (χ3v) is 2.16. The first kappa shape index (κ1) is 8.75. The summed E-state index contributed by atoms with van der Waals surface area (Å²) in [4.78, 5) is 4.31. The van der Waals surface area contributed by atoms with Gasteiger partial charge in [-0.2, -0.15) is 0 Å². The van der Waals surface area contributed by atoms with Crippen LogP contribution in [0.4, 0.5) is 0 Å². The summed E-state index contributed by atoms with van der Waals surface area (Å²) < 4.78 is 2.08. The summed E-state index contributed by atoms with van der Waals surface area (Å²) in [5.74, 6) is 0. The van der Waals surface area contributed by atoms with Gasteiger partial charge in [0.05, 0.1) is 11.7 Å². The molecule has 0 N–H and O–H groups in total. The van der Waals surface area contributed by atoms with Crippen LogP contribution in [0.25, 0.3) is 0 Å². The minimum Gasteiger partial charge on any atom is -0.342 e. The van der Waals surface area contributed by atoms with Gasteiger partial charge >= 0.3 is 0 Å². The zero-order valence-corrected chi connectivity index (χ0v) is 7.88. The average molecular weight is 184 g/mol. The van der Waals surface area contributed by atoms with Gasteiger partial charge in [-0.15, -0.1) is 6.58 Å². The minimum atomic E-state index is 0.131. The molecule has 2 heterocycles. The smallest absolute Gasteiger partial charge is 0.0931 e. The van der Waals surface area contributed by atoms with Crippen LogP contribution in [-0.4, -0.2) is 9.55 Å².